The number of para-hydroxylation sites is 1. The molecule has 3 rings (SSSR count). The van der Waals surface area contributed by atoms with Gasteiger partial charge in [-0.15, -0.1) is 0 Å². The molecule has 104 valence electrons. The van der Waals surface area contributed by atoms with Crippen molar-refractivity contribution >= 4 is 17.0 Å². The second-order valence-corrected chi connectivity index (χ2v) is 4.78. The Kier molecular flexibility index (Phi) is 3.81. The molecule has 2 heterocycles. The second-order valence-electron chi connectivity index (χ2n) is 4.78. The number of nitrogens with one attached hydrogen (secondary N) is 2. The Morgan fingerprint density at radius 2 is 2.25 bits per heavy atom. The second kappa shape index (κ2) is 5.90. The highest BCUT2D eigenvalue weighted by molar-refractivity contribution is 5.83. The number of nitriles is 1. The minimum atomic E-state index is 0.597. The maximum atomic E-state index is 9.05. The van der Waals surface area contributed by atoms with E-state index < -0.39 is 0 Å². The normalized spacial score (nSPS) is 16.1. The van der Waals surface area contributed by atoms with Gasteiger partial charge >= 0.3 is 0 Å². The summed E-state index contributed by atoms with van der Waals surface area (Å²) in [5, 5.41) is 12.3. The van der Waals surface area contributed by atoms with Gasteiger partial charge in [0.1, 0.15) is 11.6 Å². The number of benzene rings is 1. The number of aromatic amines is 1. The van der Waals surface area contributed by atoms with Gasteiger partial charge in [0, 0.05) is 26.2 Å². The lowest BCUT2D eigenvalue weighted by atomic mass is 10.2. The zero-order chi connectivity index (χ0) is 13.8. The van der Waals surface area contributed by atoms with Gasteiger partial charge in [0.25, 0.3) is 0 Å². The van der Waals surface area contributed by atoms with Gasteiger partial charge in [0.05, 0.1) is 24.3 Å². The van der Waals surface area contributed by atoms with E-state index in [9.17, 15) is 0 Å². The van der Waals surface area contributed by atoms with E-state index in [1.165, 1.54) is 0 Å². The van der Waals surface area contributed by atoms with Crippen molar-refractivity contribution < 1.29 is 4.74 Å². The monoisotopic (exact) mass is 271 g/mol. The van der Waals surface area contributed by atoms with Crippen LogP contribution in [0.15, 0.2) is 18.2 Å². The maximum absolute atomic E-state index is 9.05. The molecule has 1 aliphatic rings. The lowest BCUT2D eigenvalue weighted by molar-refractivity contribution is 0.0398. The van der Waals surface area contributed by atoms with Crippen molar-refractivity contribution in [3.8, 4) is 6.07 Å². The van der Waals surface area contributed by atoms with Crippen LogP contribution in [-0.4, -0.2) is 54.3 Å². The van der Waals surface area contributed by atoms with Crippen LogP contribution >= 0.6 is 0 Å². The minimum Gasteiger partial charge on any atom is -0.379 e. The van der Waals surface area contributed by atoms with Gasteiger partial charge in [-0.3, -0.25) is 4.90 Å². The first-order valence-electron chi connectivity index (χ1n) is 6.79. The number of anilines is 1. The number of rotatable bonds is 4. The summed E-state index contributed by atoms with van der Waals surface area (Å²) in [6, 6.07) is 7.72. The molecule has 2 aromatic rings. The summed E-state index contributed by atoms with van der Waals surface area (Å²) in [7, 11) is 0. The van der Waals surface area contributed by atoms with E-state index in [0.29, 0.717) is 5.56 Å². The molecule has 0 unspecified atom stereocenters. The summed E-state index contributed by atoms with van der Waals surface area (Å²) in [5.74, 6) is 0.718. The van der Waals surface area contributed by atoms with E-state index in [-0.39, 0.29) is 0 Å². The number of fused-ring (bicyclic) bond motifs is 1. The number of ether oxygens (including phenoxy) is 1. The molecule has 1 fully saturated rings. The Bertz CT molecular complexity index is 624. The summed E-state index contributed by atoms with van der Waals surface area (Å²) < 4.78 is 5.32. The van der Waals surface area contributed by atoms with Crippen molar-refractivity contribution in [2.75, 3.05) is 44.7 Å². The Morgan fingerprint density at radius 1 is 1.40 bits per heavy atom. The van der Waals surface area contributed by atoms with Crippen LogP contribution in [0.3, 0.4) is 0 Å². The highest BCUT2D eigenvalue weighted by Crippen LogP contribution is 2.17. The zero-order valence-electron chi connectivity index (χ0n) is 11.2. The molecule has 1 aromatic heterocycles. The van der Waals surface area contributed by atoms with Crippen LogP contribution in [0.25, 0.3) is 11.0 Å². The van der Waals surface area contributed by atoms with Gasteiger partial charge in [-0.25, -0.2) is 4.98 Å². The van der Waals surface area contributed by atoms with Gasteiger partial charge in [0.2, 0.25) is 5.95 Å². The van der Waals surface area contributed by atoms with Gasteiger partial charge in [-0.1, -0.05) is 6.07 Å². The van der Waals surface area contributed by atoms with Crippen molar-refractivity contribution in [1.29, 1.82) is 5.26 Å². The number of hydrogen-bond donors (Lipinski definition) is 2. The van der Waals surface area contributed by atoms with Crippen molar-refractivity contribution in [3.05, 3.63) is 23.8 Å². The highest BCUT2D eigenvalue weighted by atomic mass is 16.5. The maximum Gasteiger partial charge on any atom is 0.201 e. The molecule has 20 heavy (non-hydrogen) atoms. The molecule has 1 aliphatic heterocycles. The van der Waals surface area contributed by atoms with Gasteiger partial charge < -0.3 is 15.0 Å². The Hall–Kier alpha value is -2.10. The molecule has 1 aromatic carbocycles. The van der Waals surface area contributed by atoms with E-state index in [2.05, 4.69) is 26.3 Å². The molecule has 6 heteroatoms. The van der Waals surface area contributed by atoms with Crippen LogP contribution in [0.1, 0.15) is 5.56 Å². The molecule has 2 N–H and O–H groups in total. The molecule has 0 spiro atoms. The van der Waals surface area contributed by atoms with Crippen LogP contribution < -0.4 is 5.32 Å². The van der Waals surface area contributed by atoms with Gasteiger partial charge in [-0.2, -0.15) is 5.26 Å². The third-order valence-corrected chi connectivity index (χ3v) is 3.46. The predicted octanol–water partition coefficient (Wildman–Crippen LogP) is 1.18. The SMILES string of the molecule is N#Cc1cccc2[nH]c(NCCN3CCOCC3)nc12. The molecule has 6 nitrogen and oxygen atoms in total. The van der Waals surface area contributed by atoms with Crippen LogP contribution in [0.2, 0.25) is 0 Å². The molecule has 0 amide bonds. The molecule has 0 radical (unpaired) electrons. The molecule has 0 bridgehead atoms. The lowest BCUT2D eigenvalue weighted by Crippen LogP contribution is -2.39. The Balaban J connectivity index is 1.61. The molecular weight excluding hydrogens is 254 g/mol. The molecule has 0 aliphatic carbocycles. The number of aromatic nitrogens is 2. The molecule has 0 atom stereocenters. The summed E-state index contributed by atoms with van der Waals surface area (Å²) in [6.45, 7) is 5.39. The molecule has 0 saturated carbocycles. The van der Waals surface area contributed by atoms with Crippen LogP contribution in [0.4, 0.5) is 5.95 Å². The summed E-state index contributed by atoms with van der Waals surface area (Å²) in [5.41, 5.74) is 2.21. The summed E-state index contributed by atoms with van der Waals surface area (Å²) >= 11 is 0. The van der Waals surface area contributed by atoms with Crippen molar-refractivity contribution in [1.82, 2.24) is 14.9 Å². The largest absolute Gasteiger partial charge is 0.379 e. The number of H-pyrrole nitrogens is 1. The first-order chi connectivity index (χ1) is 9.86. The fraction of sp³-hybridized carbons (Fsp3) is 0.429. The van der Waals surface area contributed by atoms with Crippen LogP contribution in [0.5, 0.6) is 0 Å². The number of morpholine rings is 1. The highest BCUT2D eigenvalue weighted by Gasteiger charge is 2.10. The average molecular weight is 271 g/mol. The third kappa shape index (κ3) is 2.74. The Labute approximate surface area is 117 Å². The van der Waals surface area contributed by atoms with E-state index in [4.69, 9.17) is 10.00 Å². The topological polar surface area (TPSA) is 77.0 Å². The minimum absolute atomic E-state index is 0.597. The average Bonchev–Trinajstić information content (AvgIpc) is 2.91. The van der Waals surface area contributed by atoms with E-state index in [1.54, 1.807) is 6.07 Å². The van der Waals surface area contributed by atoms with E-state index in [0.717, 1.165) is 56.4 Å². The van der Waals surface area contributed by atoms with Gasteiger partial charge in [-0.05, 0) is 12.1 Å². The smallest absolute Gasteiger partial charge is 0.201 e. The number of hydrogen-bond acceptors (Lipinski definition) is 5. The molecule has 1 saturated heterocycles. The van der Waals surface area contributed by atoms with E-state index in [1.807, 2.05) is 12.1 Å². The van der Waals surface area contributed by atoms with Crippen molar-refractivity contribution in [2.24, 2.45) is 0 Å². The van der Waals surface area contributed by atoms with Crippen molar-refractivity contribution in [3.63, 3.8) is 0 Å². The fourth-order valence-corrected chi connectivity index (χ4v) is 2.36. The summed E-state index contributed by atoms with van der Waals surface area (Å²) in [6.07, 6.45) is 0. The summed E-state index contributed by atoms with van der Waals surface area (Å²) in [4.78, 5) is 9.99. The van der Waals surface area contributed by atoms with Crippen LogP contribution in [-0.2, 0) is 4.74 Å². The van der Waals surface area contributed by atoms with Crippen molar-refractivity contribution in [2.45, 2.75) is 0 Å². The first-order valence-corrected chi connectivity index (χ1v) is 6.79. The first kappa shape index (κ1) is 12.9. The quantitative estimate of drug-likeness (QED) is 0.873. The fourth-order valence-electron chi connectivity index (χ4n) is 2.36. The Morgan fingerprint density at radius 3 is 3.05 bits per heavy atom. The standard InChI is InChI=1S/C14H17N5O/c15-10-11-2-1-3-12-13(11)18-14(17-12)16-4-5-19-6-8-20-9-7-19/h1-3H,4-9H2,(H2,16,17,18). The zero-order valence-corrected chi connectivity index (χ0v) is 11.2. The predicted molar refractivity (Wildman–Crippen MR) is 76.6 cm³/mol. The molecular formula is C14H17N5O. The number of nitrogens with zero attached hydrogens (tertiary/aromatic N) is 3. The van der Waals surface area contributed by atoms with Crippen LogP contribution in [0, 0.1) is 11.3 Å². The number of imidazole rings is 1. The third-order valence-electron chi connectivity index (χ3n) is 3.46. The van der Waals surface area contributed by atoms with E-state index >= 15 is 0 Å². The lowest BCUT2D eigenvalue weighted by Gasteiger charge is -2.26. The van der Waals surface area contributed by atoms with Gasteiger partial charge in [0.15, 0.2) is 0 Å².